The first-order chi connectivity index (χ1) is 14.5. The number of hydrogen-bond acceptors (Lipinski definition) is 7. The first-order valence-electron chi connectivity index (χ1n) is 10.0. The standard InChI is InChI=1S/C22H24N6O2/c1-3-30-17-7-6-14-8-16(5-4-15(14)9-17)19-18-20(23)24-13-25-21(18)28(26-19)12-22(29)10-27(2)11-22/h4-9,13,29H,3,10-12H2,1-2H3,(H2,23,24,25). The maximum Gasteiger partial charge on any atom is 0.164 e. The summed E-state index contributed by atoms with van der Waals surface area (Å²) in [6, 6.07) is 12.2. The molecule has 2 aromatic heterocycles. The Hall–Kier alpha value is -3.23. The maximum atomic E-state index is 10.8. The van der Waals surface area contributed by atoms with Crippen molar-refractivity contribution in [3.63, 3.8) is 0 Å². The molecule has 0 radical (unpaired) electrons. The molecule has 5 rings (SSSR count). The van der Waals surface area contributed by atoms with E-state index in [4.69, 9.17) is 15.6 Å². The number of nitrogens with zero attached hydrogens (tertiary/aromatic N) is 5. The Balaban J connectivity index is 1.60. The maximum absolute atomic E-state index is 10.8. The molecule has 0 atom stereocenters. The van der Waals surface area contributed by atoms with Gasteiger partial charge in [0.05, 0.1) is 18.5 Å². The predicted molar refractivity (Wildman–Crippen MR) is 116 cm³/mol. The van der Waals surface area contributed by atoms with Crippen molar-refractivity contribution in [2.24, 2.45) is 0 Å². The predicted octanol–water partition coefficient (Wildman–Crippen LogP) is 2.30. The Morgan fingerprint density at radius 1 is 1.13 bits per heavy atom. The minimum absolute atomic E-state index is 0.357. The number of β-amino-alcohol motifs (C(OH)–C–C–N with tert-alkyl or cyclic N) is 1. The highest BCUT2D eigenvalue weighted by Crippen LogP contribution is 2.34. The van der Waals surface area contributed by atoms with Gasteiger partial charge in [0.25, 0.3) is 0 Å². The van der Waals surface area contributed by atoms with Crippen molar-refractivity contribution in [3.05, 3.63) is 42.7 Å². The first kappa shape index (κ1) is 18.8. The van der Waals surface area contributed by atoms with Crippen molar-refractivity contribution in [1.29, 1.82) is 0 Å². The molecule has 0 spiro atoms. The zero-order valence-corrected chi connectivity index (χ0v) is 17.0. The Labute approximate surface area is 173 Å². The molecule has 8 nitrogen and oxygen atoms in total. The number of nitrogen functional groups attached to an aromatic ring is 1. The Morgan fingerprint density at radius 2 is 1.90 bits per heavy atom. The summed E-state index contributed by atoms with van der Waals surface area (Å²) in [5, 5.41) is 18.4. The third kappa shape index (κ3) is 3.14. The van der Waals surface area contributed by atoms with Gasteiger partial charge in [-0.15, -0.1) is 0 Å². The fourth-order valence-corrected chi connectivity index (χ4v) is 4.31. The number of fused-ring (bicyclic) bond motifs is 2. The van der Waals surface area contributed by atoms with Gasteiger partial charge < -0.3 is 20.5 Å². The van der Waals surface area contributed by atoms with Crippen LogP contribution in [0.25, 0.3) is 33.1 Å². The highest BCUT2D eigenvalue weighted by Gasteiger charge is 2.40. The number of benzene rings is 2. The summed E-state index contributed by atoms with van der Waals surface area (Å²) >= 11 is 0. The van der Waals surface area contributed by atoms with Crippen LogP contribution in [0, 0.1) is 0 Å². The lowest BCUT2D eigenvalue weighted by Gasteiger charge is -2.44. The summed E-state index contributed by atoms with van der Waals surface area (Å²) in [4.78, 5) is 10.6. The molecular formula is C22H24N6O2. The van der Waals surface area contributed by atoms with E-state index in [9.17, 15) is 5.11 Å². The van der Waals surface area contributed by atoms with Crippen molar-refractivity contribution in [2.45, 2.75) is 19.1 Å². The van der Waals surface area contributed by atoms with Crippen LogP contribution in [0.1, 0.15) is 6.92 Å². The zero-order chi connectivity index (χ0) is 20.9. The summed E-state index contributed by atoms with van der Waals surface area (Å²) in [7, 11) is 1.98. The summed E-state index contributed by atoms with van der Waals surface area (Å²) in [6.07, 6.45) is 1.44. The van der Waals surface area contributed by atoms with E-state index in [0.717, 1.165) is 27.8 Å². The fourth-order valence-electron chi connectivity index (χ4n) is 4.31. The van der Waals surface area contributed by atoms with E-state index >= 15 is 0 Å². The number of rotatable bonds is 5. The summed E-state index contributed by atoms with van der Waals surface area (Å²) in [5.41, 5.74) is 7.67. The molecule has 0 bridgehead atoms. The number of ether oxygens (including phenoxy) is 1. The van der Waals surface area contributed by atoms with E-state index < -0.39 is 5.60 Å². The van der Waals surface area contributed by atoms with E-state index in [0.29, 0.717) is 43.1 Å². The average molecular weight is 404 g/mol. The second-order valence-electron chi connectivity index (χ2n) is 8.02. The van der Waals surface area contributed by atoms with Crippen LogP contribution in [0.2, 0.25) is 0 Å². The molecule has 0 aliphatic carbocycles. The van der Waals surface area contributed by atoms with Crippen LogP contribution in [-0.4, -0.2) is 62.1 Å². The van der Waals surface area contributed by atoms with Crippen LogP contribution in [0.15, 0.2) is 42.7 Å². The van der Waals surface area contributed by atoms with Gasteiger partial charge in [-0.25, -0.2) is 14.6 Å². The van der Waals surface area contributed by atoms with Crippen LogP contribution >= 0.6 is 0 Å². The quantitative estimate of drug-likeness (QED) is 0.526. The highest BCUT2D eigenvalue weighted by atomic mass is 16.5. The second-order valence-corrected chi connectivity index (χ2v) is 8.02. The summed E-state index contributed by atoms with van der Waals surface area (Å²) in [5.74, 6) is 1.23. The molecule has 1 aliphatic heterocycles. The lowest BCUT2D eigenvalue weighted by molar-refractivity contribution is -0.0977. The number of likely N-dealkylation sites (tertiary alicyclic amines) is 1. The largest absolute Gasteiger partial charge is 0.494 e. The lowest BCUT2D eigenvalue weighted by Crippen LogP contribution is -2.62. The summed E-state index contributed by atoms with van der Waals surface area (Å²) < 4.78 is 7.35. The molecule has 2 aromatic carbocycles. The molecule has 3 N–H and O–H groups in total. The molecule has 1 fully saturated rings. The molecule has 8 heteroatoms. The van der Waals surface area contributed by atoms with Crippen molar-refractivity contribution >= 4 is 27.6 Å². The van der Waals surface area contributed by atoms with Gasteiger partial charge in [-0.05, 0) is 42.9 Å². The van der Waals surface area contributed by atoms with Gasteiger partial charge in [0.15, 0.2) is 5.65 Å². The molecule has 4 aromatic rings. The second kappa shape index (κ2) is 6.93. The van der Waals surface area contributed by atoms with Gasteiger partial charge >= 0.3 is 0 Å². The van der Waals surface area contributed by atoms with E-state index in [1.807, 2.05) is 44.3 Å². The van der Waals surface area contributed by atoms with Gasteiger partial charge in [0.1, 0.15) is 29.2 Å². The van der Waals surface area contributed by atoms with E-state index in [1.54, 1.807) is 4.68 Å². The Kier molecular flexibility index (Phi) is 4.34. The number of aromatic nitrogens is 4. The van der Waals surface area contributed by atoms with Gasteiger partial charge in [0.2, 0.25) is 0 Å². The molecule has 0 unspecified atom stereocenters. The van der Waals surface area contributed by atoms with Crippen LogP contribution in [-0.2, 0) is 6.54 Å². The van der Waals surface area contributed by atoms with Gasteiger partial charge in [-0.3, -0.25) is 0 Å². The molecule has 3 heterocycles. The molecule has 1 saturated heterocycles. The number of hydrogen-bond donors (Lipinski definition) is 2. The first-order valence-corrected chi connectivity index (χ1v) is 10.0. The van der Waals surface area contributed by atoms with Gasteiger partial charge in [-0.1, -0.05) is 18.2 Å². The normalized spacial score (nSPS) is 16.1. The van der Waals surface area contributed by atoms with Crippen LogP contribution < -0.4 is 10.5 Å². The van der Waals surface area contributed by atoms with E-state index in [2.05, 4.69) is 20.9 Å². The number of anilines is 1. The van der Waals surface area contributed by atoms with Crippen molar-refractivity contribution < 1.29 is 9.84 Å². The molecular weight excluding hydrogens is 380 g/mol. The molecule has 0 saturated carbocycles. The van der Waals surface area contributed by atoms with E-state index in [-0.39, 0.29) is 0 Å². The van der Waals surface area contributed by atoms with E-state index in [1.165, 1.54) is 6.33 Å². The minimum Gasteiger partial charge on any atom is -0.494 e. The molecule has 1 aliphatic rings. The number of nitrogens with two attached hydrogens (primary N) is 1. The molecule has 154 valence electrons. The van der Waals surface area contributed by atoms with Crippen LogP contribution in [0.5, 0.6) is 5.75 Å². The SMILES string of the molecule is CCOc1ccc2cc(-c3nn(CC4(O)CN(C)C4)c4ncnc(N)c34)ccc2c1. The van der Waals surface area contributed by atoms with Gasteiger partial charge in [-0.2, -0.15) is 5.10 Å². The van der Waals surface area contributed by atoms with Crippen LogP contribution in [0.3, 0.4) is 0 Å². The Bertz CT molecular complexity index is 1250. The lowest BCUT2D eigenvalue weighted by atomic mass is 9.95. The summed E-state index contributed by atoms with van der Waals surface area (Å²) in [6.45, 7) is 4.16. The smallest absolute Gasteiger partial charge is 0.164 e. The topological polar surface area (TPSA) is 102 Å². The molecule has 30 heavy (non-hydrogen) atoms. The minimum atomic E-state index is -0.816. The zero-order valence-electron chi connectivity index (χ0n) is 17.0. The number of aliphatic hydroxyl groups is 1. The van der Waals surface area contributed by atoms with Gasteiger partial charge in [0, 0.05) is 18.7 Å². The fraction of sp³-hybridized carbons (Fsp3) is 0.318. The number of likely N-dealkylation sites (N-methyl/N-ethyl adjacent to an activating group) is 1. The molecule has 0 amide bonds. The van der Waals surface area contributed by atoms with Crippen molar-refractivity contribution in [2.75, 3.05) is 32.5 Å². The average Bonchev–Trinajstić information content (AvgIpc) is 3.06. The van der Waals surface area contributed by atoms with Crippen LogP contribution in [0.4, 0.5) is 5.82 Å². The van der Waals surface area contributed by atoms with Crippen molar-refractivity contribution in [3.8, 4) is 17.0 Å². The highest BCUT2D eigenvalue weighted by molar-refractivity contribution is 6.00. The van der Waals surface area contributed by atoms with Crippen molar-refractivity contribution in [1.82, 2.24) is 24.6 Å². The monoisotopic (exact) mass is 404 g/mol. The third-order valence-electron chi connectivity index (χ3n) is 5.53. The Morgan fingerprint density at radius 3 is 2.67 bits per heavy atom. The third-order valence-corrected chi connectivity index (χ3v) is 5.53.